The number of hydrogen-bond donors (Lipinski definition) is 3. The summed E-state index contributed by atoms with van der Waals surface area (Å²) in [6, 6.07) is 0. The van der Waals surface area contributed by atoms with Crippen LogP contribution in [0, 0.1) is 52.3 Å². The van der Waals surface area contributed by atoms with Crippen LogP contribution >= 0.6 is 0 Å². The summed E-state index contributed by atoms with van der Waals surface area (Å²) in [5, 5.41) is 35.8. The second kappa shape index (κ2) is 9.12. The summed E-state index contributed by atoms with van der Waals surface area (Å²) < 4.78 is 0. The van der Waals surface area contributed by atoms with Gasteiger partial charge in [-0.3, -0.25) is 0 Å². The monoisotopic (exact) mass is 461 g/mol. The fourth-order valence-electron chi connectivity index (χ4n) is 9.83. The predicted molar refractivity (Wildman–Crippen MR) is 134 cm³/mol. The quantitative estimate of drug-likeness (QED) is 0.306. The van der Waals surface area contributed by atoms with E-state index in [1.165, 1.54) is 38.5 Å². The lowest BCUT2D eigenvalue weighted by Gasteiger charge is -2.63. The minimum absolute atomic E-state index is 0.298. The van der Waals surface area contributed by atoms with Crippen molar-refractivity contribution in [2.45, 2.75) is 124 Å². The second-order valence-corrected chi connectivity index (χ2v) is 13.5. The van der Waals surface area contributed by atoms with Crippen LogP contribution in [0.25, 0.3) is 0 Å². The largest absolute Gasteiger partial charge is 0.411 e. The fraction of sp³-hybridized carbons (Fsp3) is 0.966. The number of aliphatic hydroxyl groups excluding tert-OH is 1. The average molecular weight is 462 g/mol. The molecule has 0 aliphatic heterocycles. The van der Waals surface area contributed by atoms with Gasteiger partial charge < -0.3 is 15.4 Å². The number of aliphatic hydroxyl groups is 2. The Labute approximate surface area is 202 Å². The molecule has 4 nitrogen and oxygen atoms in total. The molecule has 4 aliphatic rings. The van der Waals surface area contributed by atoms with Crippen LogP contribution in [0.2, 0.25) is 0 Å². The lowest BCUT2D eigenvalue weighted by Crippen LogP contribution is -2.67. The molecule has 10 atom stereocenters. The Morgan fingerprint density at radius 1 is 1.00 bits per heavy atom. The smallest absolute Gasteiger partial charge is 0.114 e. The molecule has 0 spiro atoms. The van der Waals surface area contributed by atoms with Crippen LogP contribution < -0.4 is 0 Å². The molecule has 4 saturated carbocycles. The summed E-state index contributed by atoms with van der Waals surface area (Å²) in [6.07, 6.45) is 11.1. The van der Waals surface area contributed by atoms with Gasteiger partial charge in [-0.1, -0.05) is 59.5 Å². The Balaban J connectivity index is 1.55. The van der Waals surface area contributed by atoms with E-state index in [9.17, 15) is 15.4 Å². The van der Waals surface area contributed by atoms with E-state index in [4.69, 9.17) is 0 Å². The number of fused-ring (bicyclic) bond motifs is 5. The van der Waals surface area contributed by atoms with Crippen molar-refractivity contribution in [3.8, 4) is 0 Å². The molecule has 4 heteroatoms. The van der Waals surface area contributed by atoms with Gasteiger partial charge in [0, 0.05) is 11.8 Å². The van der Waals surface area contributed by atoms with E-state index < -0.39 is 11.7 Å². The lowest BCUT2D eigenvalue weighted by atomic mass is 9.42. The molecule has 4 fully saturated rings. The Kier molecular flexibility index (Phi) is 7.04. The van der Waals surface area contributed by atoms with Crippen molar-refractivity contribution < 1.29 is 15.4 Å². The van der Waals surface area contributed by atoms with E-state index in [0.29, 0.717) is 41.7 Å². The topological polar surface area (TPSA) is 73.1 Å². The predicted octanol–water partition coefficient (Wildman–Crippen LogP) is 6.66. The minimum Gasteiger partial charge on any atom is -0.411 e. The van der Waals surface area contributed by atoms with Gasteiger partial charge in [0.15, 0.2) is 0 Å². The molecule has 0 aromatic rings. The molecule has 4 aliphatic carbocycles. The van der Waals surface area contributed by atoms with E-state index in [1.54, 1.807) is 0 Å². The molecule has 0 aromatic carbocycles. The summed E-state index contributed by atoms with van der Waals surface area (Å²) >= 11 is 0. The van der Waals surface area contributed by atoms with Gasteiger partial charge in [0.25, 0.3) is 0 Å². The minimum atomic E-state index is -1.16. The van der Waals surface area contributed by atoms with Gasteiger partial charge in [0.05, 0.1) is 11.8 Å². The van der Waals surface area contributed by atoms with Crippen molar-refractivity contribution in [3.63, 3.8) is 0 Å². The second-order valence-electron chi connectivity index (χ2n) is 13.5. The average Bonchev–Trinajstić information content (AvgIpc) is 3.11. The van der Waals surface area contributed by atoms with Gasteiger partial charge in [-0.15, -0.1) is 0 Å². The molecule has 0 unspecified atom stereocenters. The molecular weight excluding hydrogens is 410 g/mol. The number of rotatable bonds is 6. The third-order valence-electron chi connectivity index (χ3n) is 12.0. The van der Waals surface area contributed by atoms with Crippen LogP contribution in [-0.4, -0.2) is 32.8 Å². The van der Waals surface area contributed by atoms with Crippen LogP contribution in [0.1, 0.15) is 112 Å². The van der Waals surface area contributed by atoms with Crippen molar-refractivity contribution in [1.82, 2.24) is 0 Å². The maximum absolute atomic E-state index is 11.8. The fourth-order valence-corrected chi connectivity index (χ4v) is 9.83. The molecule has 0 bridgehead atoms. The number of nitrogens with zero attached hydrogens (tertiary/aromatic N) is 1. The molecule has 0 saturated heterocycles. The molecule has 0 heterocycles. The summed E-state index contributed by atoms with van der Waals surface area (Å²) in [5.74, 6) is 4.76. The number of oxime groups is 1. The highest BCUT2D eigenvalue weighted by Crippen LogP contribution is 2.68. The van der Waals surface area contributed by atoms with Gasteiger partial charge >= 0.3 is 0 Å². The van der Waals surface area contributed by atoms with E-state index >= 15 is 0 Å². The zero-order valence-electron chi connectivity index (χ0n) is 22.2. The zero-order chi connectivity index (χ0) is 24.2. The highest BCUT2D eigenvalue weighted by Gasteiger charge is 2.67. The third kappa shape index (κ3) is 3.90. The van der Waals surface area contributed by atoms with Crippen molar-refractivity contribution in [2.75, 3.05) is 0 Å². The lowest BCUT2D eigenvalue weighted by molar-refractivity contribution is -0.170. The normalized spacial score (nSPS) is 48.3. The molecule has 4 rings (SSSR count). The van der Waals surface area contributed by atoms with Crippen LogP contribution in [0.15, 0.2) is 5.16 Å². The molecule has 3 N–H and O–H groups in total. The Hall–Kier alpha value is -0.610. The van der Waals surface area contributed by atoms with Crippen molar-refractivity contribution >= 4 is 5.71 Å². The first-order valence-electron chi connectivity index (χ1n) is 14.1. The van der Waals surface area contributed by atoms with Crippen LogP contribution in [0.3, 0.4) is 0 Å². The maximum atomic E-state index is 11.8. The highest BCUT2D eigenvalue weighted by molar-refractivity contribution is 5.94. The van der Waals surface area contributed by atoms with E-state index in [-0.39, 0.29) is 5.41 Å². The summed E-state index contributed by atoms with van der Waals surface area (Å²) in [5.41, 5.74) is -0.548. The van der Waals surface area contributed by atoms with Crippen molar-refractivity contribution in [1.29, 1.82) is 0 Å². The van der Waals surface area contributed by atoms with Gasteiger partial charge in [-0.05, 0) is 98.2 Å². The van der Waals surface area contributed by atoms with Crippen LogP contribution in [0.4, 0.5) is 0 Å². The third-order valence-corrected chi connectivity index (χ3v) is 12.0. The van der Waals surface area contributed by atoms with E-state index in [1.807, 2.05) is 0 Å². The summed E-state index contributed by atoms with van der Waals surface area (Å²) in [6.45, 7) is 14.4. The van der Waals surface area contributed by atoms with Gasteiger partial charge in [0.2, 0.25) is 0 Å². The first-order valence-corrected chi connectivity index (χ1v) is 14.1. The van der Waals surface area contributed by atoms with Crippen LogP contribution in [-0.2, 0) is 0 Å². The first kappa shape index (κ1) is 25.5. The van der Waals surface area contributed by atoms with Gasteiger partial charge in [-0.25, -0.2) is 0 Å². The summed E-state index contributed by atoms with van der Waals surface area (Å²) in [7, 11) is 0. The standard InChI is InChI=1S/C29H51NO3/c1-7-20(18(2)3)9-8-19(4)23-10-11-24-22-16-26(30-33)29(32)17-21(31)12-15-28(29,6)25(22)13-14-27(23,24)5/h18-25,31-33H,7-17H2,1-6H3/b30-26-/t19-,20-,21+,22+,23-,24+,25+,27-,28-,29+/m1/s1. The van der Waals surface area contributed by atoms with Gasteiger partial charge in [0.1, 0.15) is 5.60 Å². The van der Waals surface area contributed by atoms with Gasteiger partial charge in [-0.2, -0.15) is 0 Å². The SMILES string of the molecule is CC[C@H](CC[C@@H](C)[C@H]1CC[C@H]2[C@@H]3C/C(=N/O)[C@@]4(O)C[C@@H](O)CC[C@]4(C)[C@H]3CC[C@]12C)C(C)C. The number of hydrogen-bond acceptors (Lipinski definition) is 4. The maximum Gasteiger partial charge on any atom is 0.114 e. The molecule has 190 valence electrons. The molecule has 0 radical (unpaired) electrons. The molecule has 0 aromatic heterocycles. The van der Waals surface area contributed by atoms with E-state index in [2.05, 4.69) is 46.7 Å². The molecule has 33 heavy (non-hydrogen) atoms. The zero-order valence-corrected chi connectivity index (χ0v) is 22.2. The van der Waals surface area contributed by atoms with Crippen molar-refractivity contribution in [2.24, 2.45) is 57.4 Å². The Bertz CT molecular complexity index is 736. The van der Waals surface area contributed by atoms with Crippen molar-refractivity contribution in [3.05, 3.63) is 0 Å². The first-order chi connectivity index (χ1) is 15.5. The Morgan fingerprint density at radius 2 is 1.73 bits per heavy atom. The van der Waals surface area contributed by atoms with Crippen LogP contribution in [0.5, 0.6) is 0 Å². The molecule has 0 amide bonds. The summed E-state index contributed by atoms with van der Waals surface area (Å²) in [4.78, 5) is 0. The van der Waals surface area contributed by atoms with E-state index in [0.717, 1.165) is 42.9 Å². The highest BCUT2D eigenvalue weighted by atomic mass is 16.4. The molecular formula is C29H51NO3. The Morgan fingerprint density at radius 3 is 2.36 bits per heavy atom.